The van der Waals surface area contributed by atoms with Crippen molar-refractivity contribution in [3.63, 3.8) is 0 Å². The van der Waals surface area contributed by atoms with Gasteiger partial charge >= 0.3 is 11.7 Å². The van der Waals surface area contributed by atoms with E-state index >= 15 is 0 Å². The van der Waals surface area contributed by atoms with Crippen LogP contribution in [0.2, 0.25) is 0 Å². The van der Waals surface area contributed by atoms with Gasteiger partial charge in [-0.15, -0.1) is 0 Å². The molecule has 7 nitrogen and oxygen atoms in total. The largest absolute Gasteiger partial charge is 0.465 e. The van der Waals surface area contributed by atoms with Crippen LogP contribution in [0.4, 0.5) is 20.3 Å². The first-order valence-corrected chi connectivity index (χ1v) is 7.35. The number of pyridine rings is 1. The van der Waals surface area contributed by atoms with E-state index in [1.54, 1.807) is 0 Å². The maximum atomic E-state index is 13.8. The first kappa shape index (κ1) is 16.7. The lowest BCUT2D eigenvalue weighted by atomic mass is 10.1. The van der Waals surface area contributed by atoms with Gasteiger partial charge in [0, 0.05) is 29.8 Å². The second kappa shape index (κ2) is 6.42. The van der Waals surface area contributed by atoms with Gasteiger partial charge in [-0.25, -0.2) is 18.6 Å². The number of benzene rings is 1. The van der Waals surface area contributed by atoms with Crippen molar-refractivity contribution in [2.24, 2.45) is 0 Å². The lowest BCUT2D eigenvalue weighted by Gasteiger charge is -2.08. The number of halogens is 2. The fourth-order valence-electron chi connectivity index (χ4n) is 2.65. The highest BCUT2D eigenvalue weighted by molar-refractivity contribution is 5.90. The number of hydrogen-bond donors (Lipinski definition) is 1. The molecule has 1 aromatic carbocycles. The molecule has 0 radical (unpaired) electrons. The van der Waals surface area contributed by atoms with Crippen molar-refractivity contribution in [2.45, 2.75) is 18.4 Å². The SMILES string of the molecule is COC(=O)c1cnc(NC2CC2c2c(F)cccc2F)c([N+](=O)[O-])c1. The molecule has 1 N–H and O–H groups in total. The van der Waals surface area contributed by atoms with Crippen LogP contribution in [0.25, 0.3) is 0 Å². The van der Waals surface area contributed by atoms with Crippen LogP contribution in [0.5, 0.6) is 0 Å². The molecule has 0 amide bonds. The van der Waals surface area contributed by atoms with Gasteiger partial charge in [-0.2, -0.15) is 0 Å². The molecule has 1 aromatic heterocycles. The highest BCUT2D eigenvalue weighted by Crippen LogP contribution is 2.45. The molecule has 2 atom stereocenters. The summed E-state index contributed by atoms with van der Waals surface area (Å²) in [4.78, 5) is 25.8. The number of nitro groups is 1. The number of ether oxygens (including phenoxy) is 1. The molecule has 1 aliphatic carbocycles. The first-order valence-electron chi connectivity index (χ1n) is 7.35. The molecule has 9 heteroatoms. The molecular weight excluding hydrogens is 336 g/mol. The van der Waals surface area contributed by atoms with E-state index in [1.807, 2.05) is 0 Å². The maximum Gasteiger partial charge on any atom is 0.339 e. The normalized spacial score (nSPS) is 18.5. The number of methoxy groups -OCH3 is 1. The minimum Gasteiger partial charge on any atom is -0.465 e. The Labute approximate surface area is 140 Å². The van der Waals surface area contributed by atoms with Crippen molar-refractivity contribution in [3.05, 3.63) is 63.3 Å². The molecule has 0 saturated heterocycles. The zero-order valence-electron chi connectivity index (χ0n) is 13.0. The number of carbonyl (C=O) groups is 1. The van der Waals surface area contributed by atoms with Crippen molar-refractivity contribution in [1.82, 2.24) is 4.98 Å². The lowest BCUT2D eigenvalue weighted by molar-refractivity contribution is -0.384. The Kier molecular flexibility index (Phi) is 4.30. The van der Waals surface area contributed by atoms with Crippen LogP contribution in [0.3, 0.4) is 0 Å². The molecular formula is C16H13F2N3O4. The highest BCUT2D eigenvalue weighted by atomic mass is 19.1. The molecule has 130 valence electrons. The maximum absolute atomic E-state index is 13.8. The van der Waals surface area contributed by atoms with Crippen molar-refractivity contribution in [2.75, 3.05) is 12.4 Å². The average molecular weight is 349 g/mol. The molecule has 1 saturated carbocycles. The second-order valence-electron chi connectivity index (χ2n) is 5.57. The zero-order valence-corrected chi connectivity index (χ0v) is 13.0. The fraction of sp³-hybridized carbons (Fsp3) is 0.250. The third-order valence-corrected chi connectivity index (χ3v) is 3.97. The van der Waals surface area contributed by atoms with Crippen LogP contribution in [-0.4, -0.2) is 29.0 Å². The molecule has 25 heavy (non-hydrogen) atoms. The predicted octanol–water partition coefficient (Wildman–Crippen LogP) is 3.02. The van der Waals surface area contributed by atoms with Crippen LogP contribution in [0.1, 0.15) is 28.3 Å². The van der Waals surface area contributed by atoms with Crippen molar-refractivity contribution in [3.8, 4) is 0 Å². The van der Waals surface area contributed by atoms with Crippen LogP contribution in [0, 0.1) is 21.7 Å². The third-order valence-electron chi connectivity index (χ3n) is 3.97. The Morgan fingerprint density at radius 3 is 2.68 bits per heavy atom. The van der Waals surface area contributed by atoms with E-state index in [0.717, 1.165) is 19.4 Å². The number of hydrogen-bond acceptors (Lipinski definition) is 6. The number of aromatic nitrogens is 1. The van der Waals surface area contributed by atoms with E-state index in [1.165, 1.54) is 18.2 Å². The quantitative estimate of drug-likeness (QED) is 0.506. The summed E-state index contributed by atoms with van der Waals surface area (Å²) >= 11 is 0. The van der Waals surface area contributed by atoms with Gasteiger partial charge in [0.05, 0.1) is 17.6 Å². The Morgan fingerprint density at radius 2 is 2.08 bits per heavy atom. The van der Waals surface area contributed by atoms with Gasteiger partial charge in [-0.1, -0.05) is 6.07 Å². The molecule has 2 aromatic rings. The van der Waals surface area contributed by atoms with Gasteiger partial charge in [-0.05, 0) is 18.6 Å². The van der Waals surface area contributed by atoms with Gasteiger partial charge in [-0.3, -0.25) is 10.1 Å². The summed E-state index contributed by atoms with van der Waals surface area (Å²) in [6, 6.07) is 4.26. The standard InChI is InChI=1S/C16H13F2N3O4/c1-25-16(22)8-5-13(21(23)24)15(19-7-8)20-12-6-9(12)14-10(17)3-2-4-11(14)18/h2-5,7,9,12H,6H2,1H3,(H,19,20). The number of anilines is 1. The van der Waals surface area contributed by atoms with Crippen LogP contribution in [-0.2, 0) is 4.74 Å². The van der Waals surface area contributed by atoms with Gasteiger partial charge in [0.1, 0.15) is 11.6 Å². The first-order chi connectivity index (χ1) is 11.9. The summed E-state index contributed by atoms with van der Waals surface area (Å²) in [5.41, 5.74) is -0.524. The van der Waals surface area contributed by atoms with E-state index in [2.05, 4.69) is 15.0 Å². The number of nitrogens with zero attached hydrogens (tertiary/aromatic N) is 2. The fourth-order valence-corrected chi connectivity index (χ4v) is 2.65. The Balaban J connectivity index is 1.82. The van der Waals surface area contributed by atoms with E-state index in [-0.39, 0.29) is 23.0 Å². The smallest absolute Gasteiger partial charge is 0.339 e. The van der Waals surface area contributed by atoms with Gasteiger partial charge in [0.25, 0.3) is 0 Å². The molecule has 2 unspecified atom stereocenters. The molecule has 0 spiro atoms. The molecule has 1 aliphatic rings. The molecule has 3 rings (SSSR count). The zero-order chi connectivity index (χ0) is 18.1. The predicted molar refractivity (Wildman–Crippen MR) is 83.4 cm³/mol. The van der Waals surface area contributed by atoms with Gasteiger partial charge < -0.3 is 10.1 Å². The van der Waals surface area contributed by atoms with Crippen LogP contribution < -0.4 is 5.32 Å². The Morgan fingerprint density at radius 1 is 1.40 bits per heavy atom. The number of carbonyl (C=O) groups excluding carboxylic acids is 1. The molecule has 0 aliphatic heterocycles. The van der Waals surface area contributed by atoms with Gasteiger partial charge in [0.15, 0.2) is 0 Å². The minimum atomic E-state index is -0.750. The Hall–Kier alpha value is -3.10. The van der Waals surface area contributed by atoms with E-state index in [4.69, 9.17) is 0 Å². The monoisotopic (exact) mass is 349 g/mol. The van der Waals surface area contributed by atoms with E-state index in [0.29, 0.717) is 6.42 Å². The summed E-state index contributed by atoms with van der Waals surface area (Å²) in [6.45, 7) is 0. The summed E-state index contributed by atoms with van der Waals surface area (Å²) in [7, 11) is 1.15. The highest BCUT2D eigenvalue weighted by Gasteiger charge is 2.43. The lowest BCUT2D eigenvalue weighted by Crippen LogP contribution is -2.11. The summed E-state index contributed by atoms with van der Waals surface area (Å²) < 4.78 is 32.1. The van der Waals surface area contributed by atoms with Crippen molar-refractivity contribution in [1.29, 1.82) is 0 Å². The number of rotatable bonds is 5. The average Bonchev–Trinajstić information content (AvgIpc) is 3.32. The molecule has 0 bridgehead atoms. The second-order valence-corrected chi connectivity index (χ2v) is 5.57. The van der Waals surface area contributed by atoms with E-state index in [9.17, 15) is 23.7 Å². The van der Waals surface area contributed by atoms with Crippen molar-refractivity contribution < 1.29 is 23.2 Å². The Bertz CT molecular complexity index is 839. The van der Waals surface area contributed by atoms with E-state index < -0.39 is 34.1 Å². The van der Waals surface area contributed by atoms with Crippen LogP contribution in [0.15, 0.2) is 30.5 Å². The summed E-state index contributed by atoms with van der Waals surface area (Å²) in [5.74, 6) is -2.57. The number of nitrogens with one attached hydrogen (secondary N) is 1. The number of esters is 1. The third kappa shape index (κ3) is 3.25. The topological polar surface area (TPSA) is 94.4 Å². The molecule has 1 fully saturated rings. The summed E-state index contributed by atoms with van der Waals surface area (Å²) in [5, 5.41) is 14.0. The molecule has 1 heterocycles. The van der Waals surface area contributed by atoms with Crippen molar-refractivity contribution >= 4 is 17.5 Å². The van der Waals surface area contributed by atoms with Gasteiger partial charge in [0.2, 0.25) is 5.82 Å². The minimum absolute atomic E-state index is 0.0474. The summed E-state index contributed by atoms with van der Waals surface area (Å²) in [6.07, 6.45) is 1.55. The van der Waals surface area contributed by atoms with Crippen LogP contribution >= 0.6 is 0 Å².